The number of quaternary nitrogens is 1. The second kappa shape index (κ2) is 11.7. The number of carbonyl (C=O) groups excluding carboxylic acids is 1. The van der Waals surface area contributed by atoms with Gasteiger partial charge in [-0.3, -0.25) is 9.78 Å². The first-order chi connectivity index (χ1) is 17.2. The van der Waals surface area contributed by atoms with Gasteiger partial charge in [-0.2, -0.15) is 4.98 Å². The van der Waals surface area contributed by atoms with E-state index < -0.39 is 0 Å². The topological polar surface area (TPSA) is 64.0 Å². The Balaban J connectivity index is 0.00000160. The predicted octanol–water partition coefficient (Wildman–Crippen LogP) is -2.53. The van der Waals surface area contributed by atoms with Gasteiger partial charge >= 0.3 is 0 Å². The summed E-state index contributed by atoms with van der Waals surface area (Å²) >= 11 is 6.30. The molecule has 8 heteroatoms. The zero-order valence-electron chi connectivity index (χ0n) is 20.8. The van der Waals surface area contributed by atoms with Gasteiger partial charge in [-0.15, -0.1) is 0 Å². The first-order valence-electron chi connectivity index (χ1n) is 12.9. The molecule has 2 aromatic heterocycles. The molecule has 2 aliphatic heterocycles. The zero-order valence-corrected chi connectivity index (χ0v) is 23.0. The first-order valence-corrected chi connectivity index (χ1v) is 13.3. The van der Waals surface area contributed by atoms with Gasteiger partial charge in [0.25, 0.3) is 5.15 Å². The number of H-pyrrole nitrogens is 1. The molecule has 0 bridgehead atoms. The van der Waals surface area contributed by atoms with Crippen molar-refractivity contribution in [2.24, 2.45) is 5.92 Å². The first kappa shape index (κ1) is 27.8. The van der Waals surface area contributed by atoms with E-state index in [9.17, 15) is 4.79 Å². The number of carbonyl (C=O) groups is 1. The van der Waals surface area contributed by atoms with Crippen molar-refractivity contribution >= 4 is 17.5 Å². The minimum absolute atomic E-state index is 0. The van der Waals surface area contributed by atoms with Crippen LogP contribution in [0.3, 0.4) is 0 Å². The molecule has 4 atom stereocenters. The fourth-order valence-electron chi connectivity index (χ4n) is 7.02. The molecule has 1 spiro atoms. The highest BCUT2D eigenvalue weighted by Crippen LogP contribution is 2.46. The minimum Gasteiger partial charge on any atom is -1.00 e. The van der Waals surface area contributed by atoms with Crippen molar-refractivity contribution in [2.75, 3.05) is 19.6 Å². The Kier molecular flexibility index (Phi) is 8.80. The standard InChI is InChI=1S/C29H31ClN4O.2ClH/c30-27-11-10-23-25(33-27)9-4-13-29(23)19-32-18-24(29)28(35)34-15-12-21(20-6-2-1-3-7-20)16-26(34)22-8-5-14-31-17-22;;/h1-3,5-8,10-11,14,17,21,24,26,32H,4,9,12-13,15-16,18-19H2;2*1H/t21-,24+,26+,29+;;/m1../s1. The van der Waals surface area contributed by atoms with E-state index in [4.69, 9.17) is 11.6 Å². The molecule has 0 saturated carbocycles. The number of benzene rings is 1. The Morgan fingerprint density at radius 2 is 1.89 bits per heavy atom. The Hall–Kier alpha value is -2.18. The minimum atomic E-state index is -0.123. The van der Waals surface area contributed by atoms with Crippen molar-refractivity contribution in [3.8, 4) is 0 Å². The van der Waals surface area contributed by atoms with Gasteiger partial charge in [-0.05, 0) is 66.5 Å². The number of aromatic amines is 1. The van der Waals surface area contributed by atoms with Crippen LogP contribution >= 0.6 is 11.6 Å². The summed E-state index contributed by atoms with van der Waals surface area (Å²) in [5.74, 6) is 0.729. The van der Waals surface area contributed by atoms with E-state index in [0.717, 1.165) is 57.3 Å². The molecule has 4 heterocycles. The molecule has 1 amide bonds. The lowest BCUT2D eigenvalue weighted by Gasteiger charge is -2.43. The van der Waals surface area contributed by atoms with Gasteiger partial charge in [0.2, 0.25) is 5.91 Å². The van der Waals surface area contributed by atoms with Crippen molar-refractivity contribution in [3.63, 3.8) is 0 Å². The number of hydrogen-bond donors (Lipinski definition) is 1. The summed E-state index contributed by atoms with van der Waals surface area (Å²) in [4.78, 5) is 24.4. The van der Waals surface area contributed by atoms with Crippen LogP contribution in [0.2, 0.25) is 5.15 Å². The molecule has 3 N–H and O–H groups in total. The predicted molar refractivity (Wildman–Crippen MR) is 135 cm³/mol. The van der Waals surface area contributed by atoms with Crippen molar-refractivity contribution in [1.29, 1.82) is 0 Å². The maximum Gasteiger partial charge on any atom is 0.273 e. The van der Waals surface area contributed by atoms with Gasteiger partial charge in [-0.1, -0.05) is 36.4 Å². The number of fused-ring (bicyclic) bond motifs is 2. The van der Waals surface area contributed by atoms with Gasteiger partial charge in [0.1, 0.15) is 5.92 Å². The maximum absolute atomic E-state index is 14.4. The number of nitrogens with two attached hydrogens (primary N) is 1. The summed E-state index contributed by atoms with van der Waals surface area (Å²) in [5, 5.41) is 3.02. The number of amides is 1. The molecule has 196 valence electrons. The number of nitrogens with zero attached hydrogens (tertiary/aromatic N) is 2. The number of aryl methyl sites for hydroxylation is 1. The van der Waals surface area contributed by atoms with Crippen LogP contribution < -0.4 is 35.1 Å². The summed E-state index contributed by atoms with van der Waals surface area (Å²) in [6.45, 7) is 2.59. The van der Waals surface area contributed by atoms with Crippen LogP contribution in [0.1, 0.15) is 60.0 Å². The van der Waals surface area contributed by atoms with E-state index in [2.05, 4.69) is 62.6 Å². The fourth-order valence-corrected chi connectivity index (χ4v) is 7.20. The number of piperidine rings is 1. The highest BCUT2D eigenvalue weighted by Gasteiger charge is 2.56. The average Bonchev–Trinajstić information content (AvgIpc) is 3.32. The molecule has 2 fully saturated rings. The quantitative estimate of drug-likeness (QED) is 0.360. The molecule has 3 aromatic rings. The van der Waals surface area contributed by atoms with E-state index in [1.807, 2.05) is 24.5 Å². The van der Waals surface area contributed by atoms with E-state index in [0.29, 0.717) is 17.0 Å². The maximum atomic E-state index is 14.4. The zero-order chi connectivity index (χ0) is 23.8. The molecular formula is C29H33Cl3N4O. The number of halogens is 3. The van der Waals surface area contributed by atoms with Crippen LogP contribution in [0.15, 0.2) is 67.0 Å². The number of rotatable bonds is 3. The summed E-state index contributed by atoms with van der Waals surface area (Å²) < 4.78 is 0. The number of aromatic nitrogens is 2. The van der Waals surface area contributed by atoms with E-state index in [1.165, 1.54) is 16.8 Å². The molecule has 3 aliphatic rings. The van der Waals surface area contributed by atoms with Crippen LogP contribution in [-0.4, -0.2) is 35.4 Å². The summed E-state index contributed by atoms with van der Waals surface area (Å²) in [7, 11) is 0. The Bertz CT molecular complexity index is 1210. The smallest absolute Gasteiger partial charge is 0.273 e. The average molecular weight is 560 g/mol. The Labute approximate surface area is 236 Å². The van der Waals surface area contributed by atoms with Crippen LogP contribution in [0.5, 0.6) is 0 Å². The van der Waals surface area contributed by atoms with Crippen molar-refractivity contribution in [2.45, 2.75) is 49.5 Å². The monoisotopic (exact) mass is 558 g/mol. The molecule has 6 rings (SSSR count). The summed E-state index contributed by atoms with van der Waals surface area (Å²) in [6, 6.07) is 19.1. The van der Waals surface area contributed by atoms with Crippen molar-refractivity contribution in [3.05, 3.63) is 94.5 Å². The Morgan fingerprint density at radius 3 is 2.68 bits per heavy atom. The molecule has 1 aromatic carbocycles. The molecule has 5 nitrogen and oxygen atoms in total. The molecule has 2 saturated heterocycles. The lowest BCUT2D eigenvalue weighted by atomic mass is 9.65. The summed E-state index contributed by atoms with van der Waals surface area (Å²) in [5.41, 5.74) is 4.90. The highest BCUT2D eigenvalue weighted by molar-refractivity contribution is 6.28. The highest BCUT2D eigenvalue weighted by atomic mass is 35.5. The lowest BCUT2D eigenvalue weighted by molar-refractivity contribution is -0.640. The second-order valence-electron chi connectivity index (χ2n) is 10.5. The van der Waals surface area contributed by atoms with Crippen molar-refractivity contribution in [1.82, 2.24) is 9.88 Å². The largest absolute Gasteiger partial charge is 1.00 e. The number of likely N-dealkylation sites (tertiary alicyclic amines) is 1. The van der Waals surface area contributed by atoms with Crippen LogP contribution in [0, 0.1) is 5.92 Å². The third-order valence-corrected chi connectivity index (χ3v) is 8.90. The Morgan fingerprint density at radius 1 is 1.08 bits per heavy atom. The molecule has 1 aliphatic carbocycles. The van der Waals surface area contributed by atoms with Crippen molar-refractivity contribution < 1.29 is 39.9 Å². The molecular weight excluding hydrogens is 527 g/mol. The van der Waals surface area contributed by atoms with E-state index in [1.54, 1.807) is 0 Å². The SMILES string of the molecule is O=C([C@@H]1C[NH2+]C[C@]12CCCc1[nH+]c(Cl)ccc12)N1CC[C@@H](c2ccccc2)C[C@H]1c1cccnc1.[Cl-].[Cl-]. The van der Waals surface area contributed by atoms with Gasteiger partial charge < -0.3 is 35.0 Å². The normalized spacial score (nSPS) is 26.6. The van der Waals surface area contributed by atoms with E-state index >= 15 is 0 Å². The fraction of sp³-hybridized carbons (Fsp3) is 0.414. The van der Waals surface area contributed by atoms with Gasteiger partial charge in [0.05, 0.1) is 24.5 Å². The van der Waals surface area contributed by atoms with E-state index in [-0.39, 0.29) is 42.2 Å². The van der Waals surface area contributed by atoms with Crippen LogP contribution in [-0.2, 0) is 16.6 Å². The number of pyridine rings is 2. The third kappa shape index (κ3) is 5.12. The number of hydrogen-bond acceptors (Lipinski definition) is 2. The van der Waals surface area contributed by atoms with Gasteiger partial charge in [0.15, 0.2) is 5.69 Å². The third-order valence-electron chi connectivity index (χ3n) is 8.68. The second-order valence-corrected chi connectivity index (χ2v) is 10.9. The van der Waals surface area contributed by atoms with Gasteiger partial charge in [-0.25, -0.2) is 0 Å². The van der Waals surface area contributed by atoms with Crippen LogP contribution in [0.4, 0.5) is 0 Å². The summed E-state index contributed by atoms with van der Waals surface area (Å²) in [6.07, 6.45) is 8.83. The van der Waals surface area contributed by atoms with Crippen LogP contribution in [0.25, 0.3) is 0 Å². The lowest BCUT2D eigenvalue weighted by Crippen LogP contribution is -3.00. The van der Waals surface area contributed by atoms with Gasteiger partial charge in [0, 0.05) is 37.0 Å². The molecule has 37 heavy (non-hydrogen) atoms. The molecule has 0 unspecified atom stereocenters. The molecule has 0 radical (unpaired) electrons. The number of nitrogens with one attached hydrogen (secondary N) is 1.